The van der Waals surface area contributed by atoms with Crippen LogP contribution in [0.1, 0.15) is 65.7 Å². The number of fused-ring (bicyclic) bond motifs is 2. The molecule has 0 radical (unpaired) electrons. The van der Waals surface area contributed by atoms with E-state index in [9.17, 15) is 58.9 Å². The van der Waals surface area contributed by atoms with Crippen molar-refractivity contribution in [3.05, 3.63) is 58.9 Å². The molecule has 310 valence electrons. The molecule has 0 saturated carbocycles. The summed E-state index contributed by atoms with van der Waals surface area (Å²) in [5, 5.41) is 18.9. The normalized spacial score (nSPS) is 13.7. The van der Waals surface area contributed by atoms with E-state index >= 15 is 0 Å². The Bertz CT molecular complexity index is 2720. The first kappa shape index (κ1) is 43.3. The van der Waals surface area contributed by atoms with E-state index in [1.165, 1.54) is 24.3 Å². The van der Waals surface area contributed by atoms with Gasteiger partial charge in [0, 0.05) is 60.5 Å². The maximum absolute atomic E-state index is 13.6. The highest BCUT2D eigenvalue weighted by Gasteiger charge is 2.35. The number of unbranched alkanes of at least 4 members (excludes halogenated alkanes) is 2. The number of sulfonamides is 1. The highest BCUT2D eigenvalue weighted by Crippen LogP contribution is 2.45. The number of aromatic carboxylic acids is 1. The highest BCUT2D eigenvalue weighted by molar-refractivity contribution is 7.89. The van der Waals surface area contributed by atoms with Crippen molar-refractivity contribution in [1.82, 2.24) is 15.1 Å². The van der Waals surface area contributed by atoms with E-state index in [1.54, 1.807) is 0 Å². The number of rotatable bonds is 17. The summed E-state index contributed by atoms with van der Waals surface area (Å²) in [5.41, 5.74) is 3.64. The molecule has 5 rings (SSSR count). The van der Waals surface area contributed by atoms with Gasteiger partial charge in [0.25, 0.3) is 48.0 Å². The summed E-state index contributed by atoms with van der Waals surface area (Å²) in [5.74, 6) is -5.66. The number of nitrogens with two attached hydrogens (primary N) is 2. The summed E-state index contributed by atoms with van der Waals surface area (Å²) in [4.78, 5) is 64.2. The number of carboxylic acids is 1. The predicted molar refractivity (Wildman–Crippen MR) is 199 cm³/mol. The van der Waals surface area contributed by atoms with E-state index in [1.807, 2.05) is 0 Å². The molecule has 1 aliphatic carbocycles. The Labute approximate surface area is 329 Å². The smallest absolute Gasteiger partial charge is 0.336 e. The zero-order valence-corrected chi connectivity index (χ0v) is 32.5. The first-order chi connectivity index (χ1) is 27.1. The summed E-state index contributed by atoms with van der Waals surface area (Å²) in [6, 6.07) is 8.23. The van der Waals surface area contributed by atoms with Gasteiger partial charge >= 0.3 is 11.9 Å². The number of hydroxylamine groups is 2. The molecular formula is C34H36N5O16S3+. The van der Waals surface area contributed by atoms with Crippen molar-refractivity contribution in [2.24, 2.45) is 0 Å². The average molecular weight is 867 g/mol. The molecule has 2 aromatic carbocycles. The number of hydrogen-bond donors (Lipinski definition) is 7. The van der Waals surface area contributed by atoms with Crippen LogP contribution in [0.4, 0.5) is 5.69 Å². The van der Waals surface area contributed by atoms with Gasteiger partial charge in [-0.05, 0) is 55.2 Å². The number of nitrogens with zero attached hydrogens (tertiary/aromatic N) is 1. The van der Waals surface area contributed by atoms with Crippen LogP contribution in [0.3, 0.4) is 0 Å². The SMILES string of the molecule is Nc1ccc2c(-c3ccc(C(=O)NCCCCCC(=O)ON4C(=O)CCC4=O)cc3C(=O)O)c3ccc(=[NH2+])c(S(=O)(=O)NCCCS(=O)(=O)O)c-3oc2c1S(=O)(=O)O. The number of carbonyl (C=O) groups is 5. The molecule has 0 spiro atoms. The van der Waals surface area contributed by atoms with Crippen LogP contribution >= 0.6 is 0 Å². The summed E-state index contributed by atoms with van der Waals surface area (Å²) in [6.45, 7) is -0.424. The van der Waals surface area contributed by atoms with Gasteiger partial charge in [-0.15, -0.1) is 5.06 Å². The zero-order valence-electron chi connectivity index (χ0n) is 30.1. The molecule has 3 amide bonds. The Balaban J connectivity index is 1.48. The van der Waals surface area contributed by atoms with Gasteiger partial charge in [-0.2, -0.15) is 16.8 Å². The van der Waals surface area contributed by atoms with Gasteiger partial charge < -0.3 is 25.4 Å². The largest absolute Gasteiger partial charge is 0.478 e. The minimum atomic E-state index is -5.20. The maximum atomic E-state index is 13.6. The maximum Gasteiger partial charge on any atom is 0.336 e. The van der Waals surface area contributed by atoms with Crippen molar-refractivity contribution in [3.8, 4) is 22.5 Å². The molecule has 2 aromatic rings. The Morgan fingerprint density at radius 3 is 2.17 bits per heavy atom. The standard InChI is InChI=1S/C34H35N5O16S3/c35-23-10-8-20-28(21-9-11-24(36)32(58(51,52)53)30(21)54-29(20)31(23)57(49,50)38-15-4-16-56(46,47)48)19-7-6-18(17-22(19)34(44)45)33(43)37-14-3-1-2-5-27(42)55-39-25(40)12-13-26(39)41/h6-11,17,35,38H,1-5,12-16,36H2,(H,37,43)(H,44,45)(H,46,47,48)(H,51,52,53)/p+1. The molecule has 9 N–H and O–H groups in total. The van der Waals surface area contributed by atoms with Crippen LogP contribution < -0.4 is 26.5 Å². The van der Waals surface area contributed by atoms with E-state index < -0.39 is 110 Å². The molecule has 3 aliphatic rings. The lowest BCUT2D eigenvalue weighted by Gasteiger charge is -2.20. The van der Waals surface area contributed by atoms with Crippen LogP contribution in [0.2, 0.25) is 0 Å². The van der Waals surface area contributed by atoms with E-state index in [-0.39, 0.29) is 59.9 Å². The van der Waals surface area contributed by atoms with Gasteiger partial charge in [0.15, 0.2) is 21.1 Å². The molecule has 24 heteroatoms. The van der Waals surface area contributed by atoms with Crippen molar-refractivity contribution in [1.29, 1.82) is 0 Å². The molecule has 1 fully saturated rings. The van der Waals surface area contributed by atoms with E-state index in [4.69, 9.17) is 25.0 Å². The Hall–Kier alpha value is -5.79. The fraction of sp³-hybridized carbons (Fsp3) is 0.294. The van der Waals surface area contributed by atoms with Crippen molar-refractivity contribution in [2.75, 3.05) is 24.6 Å². The summed E-state index contributed by atoms with van der Waals surface area (Å²) < 4.78 is 102. The second kappa shape index (κ2) is 17.0. The number of imide groups is 1. The molecule has 0 atom stereocenters. The number of hydrogen-bond acceptors (Lipinski definition) is 14. The second-order valence-corrected chi connectivity index (χ2v) is 17.5. The molecule has 1 saturated heterocycles. The lowest BCUT2D eigenvalue weighted by Crippen LogP contribution is -2.49. The number of carbonyl (C=O) groups excluding carboxylic acids is 4. The Morgan fingerprint density at radius 2 is 1.53 bits per heavy atom. The van der Waals surface area contributed by atoms with Gasteiger partial charge in [-0.3, -0.25) is 28.9 Å². The van der Waals surface area contributed by atoms with Crippen LogP contribution in [-0.4, -0.2) is 93.0 Å². The third kappa shape index (κ3) is 9.66. The average Bonchev–Trinajstić information content (AvgIpc) is 3.44. The number of amides is 3. The number of anilines is 1. The fourth-order valence-corrected chi connectivity index (χ4v) is 8.72. The van der Waals surface area contributed by atoms with Gasteiger partial charge in [0.05, 0.1) is 17.0 Å². The van der Waals surface area contributed by atoms with Crippen LogP contribution in [-0.2, 0) is 49.5 Å². The van der Waals surface area contributed by atoms with Crippen LogP contribution in [0.15, 0.2) is 56.7 Å². The first-order valence-corrected chi connectivity index (χ1v) is 21.7. The third-order valence-electron chi connectivity index (χ3n) is 8.75. The number of benzene rings is 3. The highest BCUT2D eigenvalue weighted by atomic mass is 32.2. The van der Waals surface area contributed by atoms with E-state index in [0.29, 0.717) is 24.3 Å². The topological polar surface area (TPSA) is 350 Å². The van der Waals surface area contributed by atoms with E-state index in [0.717, 1.165) is 18.2 Å². The predicted octanol–water partition coefficient (Wildman–Crippen LogP) is -0.155. The minimum absolute atomic E-state index is 0.0413. The van der Waals surface area contributed by atoms with Gasteiger partial charge in [0.1, 0.15) is 0 Å². The van der Waals surface area contributed by atoms with Crippen LogP contribution in [0.5, 0.6) is 0 Å². The van der Waals surface area contributed by atoms with Crippen molar-refractivity contribution >= 4 is 76.6 Å². The van der Waals surface area contributed by atoms with Crippen molar-refractivity contribution < 1.29 is 78.1 Å². The van der Waals surface area contributed by atoms with Gasteiger partial charge in [0.2, 0.25) is 5.36 Å². The summed E-state index contributed by atoms with van der Waals surface area (Å²) in [6.07, 6.45) is 0.547. The molecule has 21 nitrogen and oxygen atoms in total. The zero-order chi connectivity index (χ0) is 42.7. The fourth-order valence-electron chi connectivity index (χ4n) is 6.13. The summed E-state index contributed by atoms with van der Waals surface area (Å²) >= 11 is 0. The number of nitrogen functional groups attached to an aromatic ring is 1. The lowest BCUT2D eigenvalue weighted by atomic mass is 9.89. The molecule has 2 aliphatic heterocycles. The second-order valence-electron chi connectivity index (χ2n) is 12.9. The minimum Gasteiger partial charge on any atom is -0.478 e. The van der Waals surface area contributed by atoms with Crippen molar-refractivity contribution in [3.63, 3.8) is 0 Å². The molecule has 0 bridgehead atoms. The Kier molecular flexibility index (Phi) is 12.7. The quantitative estimate of drug-likeness (QED) is 0.0238. The monoisotopic (exact) mass is 866 g/mol. The van der Waals surface area contributed by atoms with Crippen LogP contribution in [0, 0.1) is 0 Å². The number of carboxylic acid groups (broad SMARTS) is 1. The third-order valence-corrected chi connectivity index (χ3v) is 12.0. The van der Waals surface area contributed by atoms with Gasteiger partial charge in [-0.25, -0.2) is 22.7 Å². The van der Waals surface area contributed by atoms with E-state index in [2.05, 4.69) is 10.0 Å². The molecular weight excluding hydrogens is 831 g/mol. The molecule has 0 aromatic heterocycles. The Morgan fingerprint density at radius 1 is 0.862 bits per heavy atom. The number of nitrogens with one attached hydrogen (secondary N) is 2. The summed E-state index contributed by atoms with van der Waals surface area (Å²) in [7, 11) is -14.4. The molecule has 0 unspecified atom stereocenters. The van der Waals surface area contributed by atoms with Gasteiger partial charge in [-0.1, -0.05) is 12.5 Å². The molecule has 58 heavy (non-hydrogen) atoms. The van der Waals surface area contributed by atoms with Crippen LogP contribution in [0.25, 0.3) is 33.4 Å². The first-order valence-electron chi connectivity index (χ1n) is 17.2. The molecule has 2 heterocycles. The van der Waals surface area contributed by atoms with Crippen molar-refractivity contribution in [2.45, 2.75) is 54.7 Å². The lowest BCUT2D eigenvalue weighted by molar-refractivity contribution is -0.197.